The van der Waals surface area contributed by atoms with Crippen molar-refractivity contribution in [2.24, 2.45) is 0 Å². The first-order valence-electron chi connectivity index (χ1n) is 5.44. The Morgan fingerprint density at radius 1 is 1.28 bits per heavy atom. The molecular weight excluding hydrogens is 300 g/mol. The maximum atomic E-state index is 11.1. The lowest BCUT2D eigenvalue weighted by Crippen LogP contribution is -2.31. The van der Waals surface area contributed by atoms with Crippen molar-refractivity contribution < 1.29 is 14.3 Å². The van der Waals surface area contributed by atoms with Gasteiger partial charge in [-0.15, -0.1) is 0 Å². The fourth-order valence-electron chi connectivity index (χ4n) is 1.43. The maximum absolute atomic E-state index is 11.1. The first-order valence-corrected chi connectivity index (χ1v) is 6.23. The van der Waals surface area contributed by atoms with E-state index in [1.165, 1.54) is 0 Å². The highest BCUT2D eigenvalue weighted by Gasteiger charge is 2.09. The lowest BCUT2D eigenvalue weighted by Gasteiger charge is -2.12. The molecule has 6 heteroatoms. The van der Waals surface area contributed by atoms with Crippen molar-refractivity contribution in [1.82, 2.24) is 10.6 Å². The summed E-state index contributed by atoms with van der Waals surface area (Å²) in [6, 6.07) is 3.72. The zero-order chi connectivity index (χ0) is 13.5. The summed E-state index contributed by atoms with van der Waals surface area (Å²) >= 11 is 3.46. The second-order valence-electron chi connectivity index (χ2n) is 3.58. The number of ether oxygens (including phenoxy) is 2. The fourth-order valence-corrected chi connectivity index (χ4v) is 1.89. The van der Waals surface area contributed by atoms with Crippen LogP contribution < -0.4 is 20.1 Å². The van der Waals surface area contributed by atoms with Gasteiger partial charge in [0.2, 0.25) is 5.91 Å². The van der Waals surface area contributed by atoms with Gasteiger partial charge in [0.25, 0.3) is 0 Å². The summed E-state index contributed by atoms with van der Waals surface area (Å²) in [5.41, 5.74) is 0.997. The molecule has 1 aromatic rings. The monoisotopic (exact) mass is 316 g/mol. The van der Waals surface area contributed by atoms with Crippen molar-refractivity contribution in [3.63, 3.8) is 0 Å². The summed E-state index contributed by atoms with van der Waals surface area (Å²) in [5, 5.41) is 5.59. The largest absolute Gasteiger partial charge is 0.493 e. The molecule has 0 atom stereocenters. The number of carbonyl (C=O) groups excluding carboxylic acids is 1. The predicted octanol–water partition coefficient (Wildman–Crippen LogP) is 1.30. The van der Waals surface area contributed by atoms with Crippen LogP contribution in [0.5, 0.6) is 11.5 Å². The standard InChI is InChI=1S/C12H17BrN2O3/c1-14-12(16)7-15-6-8-4-10(17-2)11(18-3)5-9(8)13/h4-5,15H,6-7H2,1-3H3,(H,14,16). The summed E-state index contributed by atoms with van der Waals surface area (Å²) in [6.07, 6.45) is 0. The van der Waals surface area contributed by atoms with E-state index in [2.05, 4.69) is 26.6 Å². The molecule has 0 aliphatic carbocycles. The molecule has 0 saturated carbocycles. The lowest BCUT2D eigenvalue weighted by atomic mass is 10.2. The highest BCUT2D eigenvalue weighted by molar-refractivity contribution is 9.10. The van der Waals surface area contributed by atoms with Gasteiger partial charge in [0.1, 0.15) is 0 Å². The fraction of sp³-hybridized carbons (Fsp3) is 0.417. The maximum Gasteiger partial charge on any atom is 0.233 e. The number of halogens is 1. The van der Waals surface area contributed by atoms with Gasteiger partial charge >= 0.3 is 0 Å². The second kappa shape index (κ2) is 7.23. The van der Waals surface area contributed by atoms with Crippen molar-refractivity contribution in [2.75, 3.05) is 27.8 Å². The minimum atomic E-state index is -0.0494. The van der Waals surface area contributed by atoms with E-state index >= 15 is 0 Å². The van der Waals surface area contributed by atoms with Gasteiger partial charge in [-0.05, 0) is 17.7 Å². The van der Waals surface area contributed by atoms with Crippen molar-refractivity contribution in [3.05, 3.63) is 22.2 Å². The Morgan fingerprint density at radius 2 is 1.89 bits per heavy atom. The summed E-state index contributed by atoms with van der Waals surface area (Å²) in [5.74, 6) is 1.28. The molecule has 1 amide bonds. The minimum Gasteiger partial charge on any atom is -0.493 e. The second-order valence-corrected chi connectivity index (χ2v) is 4.43. The number of benzene rings is 1. The van der Waals surface area contributed by atoms with Gasteiger partial charge in [-0.2, -0.15) is 0 Å². The lowest BCUT2D eigenvalue weighted by molar-refractivity contribution is -0.119. The molecule has 0 saturated heterocycles. The topological polar surface area (TPSA) is 59.6 Å². The molecule has 2 N–H and O–H groups in total. The van der Waals surface area contributed by atoms with E-state index in [9.17, 15) is 4.79 Å². The third kappa shape index (κ3) is 3.89. The molecule has 1 rings (SSSR count). The third-order valence-electron chi connectivity index (χ3n) is 2.43. The van der Waals surface area contributed by atoms with E-state index in [1.807, 2.05) is 12.1 Å². The van der Waals surface area contributed by atoms with Crippen LogP contribution in [0.2, 0.25) is 0 Å². The van der Waals surface area contributed by atoms with Gasteiger partial charge < -0.3 is 20.1 Å². The minimum absolute atomic E-state index is 0.0494. The summed E-state index contributed by atoms with van der Waals surface area (Å²) in [7, 11) is 4.79. The molecule has 18 heavy (non-hydrogen) atoms. The molecular formula is C12H17BrN2O3. The van der Waals surface area contributed by atoms with E-state index in [1.54, 1.807) is 21.3 Å². The van der Waals surface area contributed by atoms with Gasteiger partial charge in [-0.25, -0.2) is 0 Å². The zero-order valence-corrected chi connectivity index (χ0v) is 12.3. The summed E-state index contributed by atoms with van der Waals surface area (Å²) < 4.78 is 11.3. The van der Waals surface area contributed by atoms with Crippen molar-refractivity contribution in [3.8, 4) is 11.5 Å². The van der Waals surface area contributed by atoms with Crippen LogP contribution in [0.25, 0.3) is 0 Å². The van der Waals surface area contributed by atoms with Crippen LogP contribution in [-0.4, -0.2) is 33.7 Å². The molecule has 0 bridgehead atoms. The molecule has 0 aliphatic rings. The molecule has 0 aliphatic heterocycles. The highest BCUT2D eigenvalue weighted by Crippen LogP contribution is 2.33. The number of carbonyl (C=O) groups is 1. The molecule has 0 unspecified atom stereocenters. The number of hydrogen-bond donors (Lipinski definition) is 2. The average Bonchev–Trinajstić information content (AvgIpc) is 2.39. The molecule has 0 fully saturated rings. The van der Waals surface area contributed by atoms with Crippen LogP contribution in [-0.2, 0) is 11.3 Å². The first kappa shape index (κ1) is 14.8. The summed E-state index contributed by atoms with van der Waals surface area (Å²) in [6.45, 7) is 0.839. The quantitative estimate of drug-likeness (QED) is 0.830. The van der Waals surface area contributed by atoms with Gasteiger partial charge in [0, 0.05) is 18.1 Å². The van der Waals surface area contributed by atoms with Crippen LogP contribution in [0.1, 0.15) is 5.56 Å². The van der Waals surface area contributed by atoms with E-state index in [4.69, 9.17) is 9.47 Å². The normalized spacial score (nSPS) is 10.0. The molecule has 0 radical (unpaired) electrons. The Balaban J connectivity index is 2.73. The number of nitrogens with one attached hydrogen (secondary N) is 2. The SMILES string of the molecule is CNC(=O)CNCc1cc(OC)c(OC)cc1Br. The third-order valence-corrected chi connectivity index (χ3v) is 3.17. The molecule has 100 valence electrons. The van der Waals surface area contributed by atoms with Gasteiger partial charge in [0.15, 0.2) is 11.5 Å². The van der Waals surface area contributed by atoms with Crippen LogP contribution in [0.4, 0.5) is 0 Å². The number of rotatable bonds is 6. The molecule has 0 aromatic heterocycles. The number of amides is 1. The van der Waals surface area contributed by atoms with Gasteiger partial charge in [-0.1, -0.05) is 15.9 Å². The van der Waals surface area contributed by atoms with Crippen molar-refractivity contribution in [2.45, 2.75) is 6.54 Å². The van der Waals surface area contributed by atoms with Crippen molar-refractivity contribution >= 4 is 21.8 Å². The van der Waals surface area contributed by atoms with Crippen molar-refractivity contribution in [1.29, 1.82) is 0 Å². The van der Waals surface area contributed by atoms with Crippen LogP contribution in [0, 0.1) is 0 Å². The Bertz CT molecular complexity index is 424. The highest BCUT2D eigenvalue weighted by atomic mass is 79.9. The number of methoxy groups -OCH3 is 2. The molecule has 0 spiro atoms. The molecule has 5 nitrogen and oxygen atoms in total. The van der Waals surface area contributed by atoms with Crippen LogP contribution in [0.15, 0.2) is 16.6 Å². The predicted molar refractivity (Wildman–Crippen MR) is 73.0 cm³/mol. The van der Waals surface area contributed by atoms with Crippen LogP contribution in [0.3, 0.4) is 0 Å². The van der Waals surface area contributed by atoms with Crippen LogP contribution >= 0.6 is 15.9 Å². The number of likely N-dealkylation sites (N-methyl/N-ethyl adjacent to an activating group) is 1. The summed E-state index contributed by atoms with van der Waals surface area (Å²) in [4.78, 5) is 11.1. The van der Waals surface area contributed by atoms with Gasteiger partial charge in [-0.3, -0.25) is 4.79 Å². The smallest absolute Gasteiger partial charge is 0.233 e. The van der Waals surface area contributed by atoms with E-state index in [0.29, 0.717) is 18.0 Å². The Morgan fingerprint density at radius 3 is 2.44 bits per heavy atom. The zero-order valence-electron chi connectivity index (χ0n) is 10.7. The number of hydrogen-bond acceptors (Lipinski definition) is 4. The molecule has 0 heterocycles. The Labute approximate surface area is 115 Å². The Hall–Kier alpha value is -1.27. The Kier molecular flexibility index (Phi) is 5.94. The van der Waals surface area contributed by atoms with E-state index in [0.717, 1.165) is 10.0 Å². The first-order chi connectivity index (χ1) is 8.62. The van der Waals surface area contributed by atoms with E-state index in [-0.39, 0.29) is 12.5 Å². The molecule has 1 aromatic carbocycles. The van der Waals surface area contributed by atoms with E-state index < -0.39 is 0 Å². The average molecular weight is 317 g/mol. The van der Waals surface area contributed by atoms with Gasteiger partial charge in [0.05, 0.1) is 20.8 Å².